The molecule has 0 fully saturated rings. The molecule has 0 aliphatic heterocycles. The van der Waals surface area contributed by atoms with E-state index in [1.54, 1.807) is 12.1 Å². The third kappa shape index (κ3) is 5.78. The molecule has 0 heterocycles. The smallest absolute Gasteiger partial charge is 0.311 e. The second-order valence-corrected chi connectivity index (χ2v) is 4.39. The van der Waals surface area contributed by atoms with E-state index >= 15 is 0 Å². The first-order valence-corrected chi connectivity index (χ1v) is 6.96. The van der Waals surface area contributed by atoms with Gasteiger partial charge >= 0.3 is 5.69 Å². The number of carbonyl (C=O) groups is 1. The van der Waals surface area contributed by atoms with Crippen LogP contribution in [0.4, 0.5) is 5.69 Å². The van der Waals surface area contributed by atoms with Crippen LogP contribution in [0.1, 0.15) is 25.8 Å². The SMILES string of the molecule is CCNCc1ccc(OCCC(=O)NCC)c([N+](=O)[O-])c1. The van der Waals surface area contributed by atoms with Gasteiger partial charge in [0.2, 0.25) is 5.91 Å². The molecule has 0 unspecified atom stereocenters. The Hall–Kier alpha value is -2.15. The van der Waals surface area contributed by atoms with Crippen LogP contribution in [0.2, 0.25) is 0 Å². The van der Waals surface area contributed by atoms with Gasteiger partial charge in [-0.1, -0.05) is 13.0 Å². The first kappa shape index (κ1) is 16.9. The first-order chi connectivity index (χ1) is 10.1. The number of ether oxygens (including phenoxy) is 1. The first-order valence-electron chi connectivity index (χ1n) is 6.96. The third-order valence-corrected chi connectivity index (χ3v) is 2.76. The molecule has 21 heavy (non-hydrogen) atoms. The van der Waals surface area contributed by atoms with Crippen molar-refractivity contribution in [2.24, 2.45) is 0 Å². The fraction of sp³-hybridized carbons (Fsp3) is 0.500. The molecule has 0 aromatic heterocycles. The zero-order valence-corrected chi connectivity index (χ0v) is 12.3. The lowest BCUT2D eigenvalue weighted by Crippen LogP contribution is -2.24. The highest BCUT2D eigenvalue weighted by molar-refractivity contribution is 5.75. The highest BCUT2D eigenvalue weighted by atomic mass is 16.6. The van der Waals surface area contributed by atoms with Crippen LogP contribution in [-0.4, -0.2) is 30.5 Å². The van der Waals surface area contributed by atoms with Gasteiger partial charge in [-0.3, -0.25) is 14.9 Å². The highest BCUT2D eigenvalue weighted by Crippen LogP contribution is 2.28. The number of nitro benzene ring substituents is 1. The number of carbonyl (C=O) groups excluding carboxylic acids is 1. The van der Waals surface area contributed by atoms with E-state index in [4.69, 9.17) is 4.74 Å². The Kier molecular flexibility index (Phi) is 7.17. The molecule has 0 saturated carbocycles. The average molecular weight is 295 g/mol. The maximum absolute atomic E-state index is 11.3. The molecule has 1 aromatic carbocycles. The lowest BCUT2D eigenvalue weighted by atomic mass is 10.2. The number of nitrogens with zero attached hydrogens (tertiary/aromatic N) is 1. The fourth-order valence-electron chi connectivity index (χ4n) is 1.75. The predicted molar refractivity (Wildman–Crippen MR) is 79.3 cm³/mol. The number of rotatable bonds is 9. The normalized spacial score (nSPS) is 10.2. The summed E-state index contributed by atoms with van der Waals surface area (Å²) in [5.74, 6) is 0.0495. The van der Waals surface area contributed by atoms with E-state index in [9.17, 15) is 14.9 Å². The Balaban J connectivity index is 2.68. The van der Waals surface area contributed by atoms with Crippen molar-refractivity contribution in [3.63, 3.8) is 0 Å². The van der Waals surface area contributed by atoms with Crippen LogP contribution in [0.3, 0.4) is 0 Å². The molecule has 7 heteroatoms. The minimum absolute atomic E-state index is 0.0821. The molecule has 0 bridgehead atoms. The molecule has 7 nitrogen and oxygen atoms in total. The summed E-state index contributed by atoms with van der Waals surface area (Å²) in [4.78, 5) is 21.9. The molecule has 0 radical (unpaired) electrons. The Labute approximate surface area is 123 Å². The molecule has 1 rings (SSSR count). The average Bonchev–Trinajstić information content (AvgIpc) is 2.46. The summed E-state index contributed by atoms with van der Waals surface area (Å²) in [7, 11) is 0. The van der Waals surface area contributed by atoms with Gasteiger partial charge in [0.25, 0.3) is 0 Å². The molecular weight excluding hydrogens is 274 g/mol. The minimum Gasteiger partial charge on any atom is -0.486 e. The second-order valence-electron chi connectivity index (χ2n) is 4.39. The molecule has 116 valence electrons. The maximum Gasteiger partial charge on any atom is 0.311 e. The van der Waals surface area contributed by atoms with Crippen LogP contribution >= 0.6 is 0 Å². The Bertz CT molecular complexity index is 491. The molecule has 0 spiro atoms. The highest BCUT2D eigenvalue weighted by Gasteiger charge is 2.16. The summed E-state index contributed by atoms with van der Waals surface area (Å²) in [5.41, 5.74) is 0.737. The Morgan fingerprint density at radius 1 is 1.33 bits per heavy atom. The standard InChI is InChI=1S/C14H21N3O4/c1-3-15-10-11-5-6-13(12(9-11)17(19)20)21-8-7-14(18)16-4-2/h5-6,9,15H,3-4,7-8,10H2,1-2H3,(H,16,18). The molecule has 1 amide bonds. The zero-order chi connectivity index (χ0) is 15.7. The van der Waals surface area contributed by atoms with Gasteiger partial charge in [0, 0.05) is 19.2 Å². The van der Waals surface area contributed by atoms with Crippen molar-refractivity contribution in [1.82, 2.24) is 10.6 Å². The maximum atomic E-state index is 11.3. The molecule has 2 N–H and O–H groups in total. The van der Waals surface area contributed by atoms with E-state index in [0.29, 0.717) is 13.1 Å². The van der Waals surface area contributed by atoms with Crippen molar-refractivity contribution in [2.75, 3.05) is 19.7 Å². The third-order valence-electron chi connectivity index (χ3n) is 2.76. The number of benzene rings is 1. The van der Waals surface area contributed by atoms with Gasteiger partial charge in [-0.2, -0.15) is 0 Å². The van der Waals surface area contributed by atoms with Gasteiger partial charge < -0.3 is 15.4 Å². The van der Waals surface area contributed by atoms with Crippen LogP contribution in [0.25, 0.3) is 0 Å². The molecule has 0 aliphatic rings. The van der Waals surface area contributed by atoms with Crippen LogP contribution in [-0.2, 0) is 11.3 Å². The van der Waals surface area contributed by atoms with Crippen molar-refractivity contribution in [2.45, 2.75) is 26.8 Å². The van der Waals surface area contributed by atoms with E-state index in [2.05, 4.69) is 10.6 Å². The lowest BCUT2D eigenvalue weighted by Gasteiger charge is -2.08. The summed E-state index contributed by atoms with van der Waals surface area (Å²) in [6.45, 7) is 5.81. The monoisotopic (exact) mass is 295 g/mol. The topological polar surface area (TPSA) is 93.5 Å². The molecule has 0 atom stereocenters. The largest absolute Gasteiger partial charge is 0.486 e. The fourth-order valence-corrected chi connectivity index (χ4v) is 1.75. The Morgan fingerprint density at radius 3 is 2.71 bits per heavy atom. The minimum atomic E-state index is -0.475. The molecule has 0 aliphatic carbocycles. The summed E-state index contributed by atoms with van der Waals surface area (Å²) in [5, 5.41) is 16.8. The van der Waals surface area contributed by atoms with E-state index in [1.807, 2.05) is 13.8 Å². The van der Waals surface area contributed by atoms with Crippen LogP contribution in [0, 0.1) is 10.1 Å². The number of hydrogen-bond acceptors (Lipinski definition) is 5. The van der Waals surface area contributed by atoms with Crippen molar-refractivity contribution in [3.05, 3.63) is 33.9 Å². The van der Waals surface area contributed by atoms with Crippen molar-refractivity contribution in [3.8, 4) is 5.75 Å². The number of nitrogens with one attached hydrogen (secondary N) is 2. The van der Waals surface area contributed by atoms with Crippen molar-refractivity contribution >= 4 is 11.6 Å². The van der Waals surface area contributed by atoms with E-state index in [-0.39, 0.29) is 30.4 Å². The quantitative estimate of drug-likeness (QED) is 0.533. The van der Waals surface area contributed by atoms with Gasteiger partial charge in [0.15, 0.2) is 5.75 Å². The van der Waals surface area contributed by atoms with E-state index in [1.165, 1.54) is 6.07 Å². The summed E-state index contributed by atoms with van der Waals surface area (Å²) in [6, 6.07) is 4.84. The number of nitro groups is 1. The molecule has 1 aromatic rings. The van der Waals surface area contributed by atoms with Gasteiger partial charge in [-0.15, -0.1) is 0 Å². The second kappa shape index (κ2) is 8.91. The van der Waals surface area contributed by atoms with Crippen molar-refractivity contribution in [1.29, 1.82) is 0 Å². The summed E-state index contributed by atoms with van der Waals surface area (Å²) >= 11 is 0. The van der Waals surface area contributed by atoms with Crippen LogP contribution in [0.15, 0.2) is 18.2 Å². The van der Waals surface area contributed by atoms with E-state index in [0.717, 1.165) is 12.1 Å². The van der Waals surface area contributed by atoms with Gasteiger partial charge in [-0.25, -0.2) is 0 Å². The van der Waals surface area contributed by atoms with Gasteiger partial charge in [0.1, 0.15) is 0 Å². The van der Waals surface area contributed by atoms with Crippen molar-refractivity contribution < 1.29 is 14.5 Å². The zero-order valence-electron chi connectivity index (χ0n) is 12.3. The van der Waals surface area contributed by atoms with Crippen LogP contribution < -0.4 is 15.4 Å². The molecule has 0 saturated heterocycles. The van der Waals surface area contributed by atoms with Gasteiger partial charge in [0.05, 0.1) is 18.0 Å². The summed E-state index contributed by atoms with van der Waals surface area (Å²) in [6.07, 6.45) is 0.171. The Morgan fingerprint density at radius 2 is 2.10 bits per heavy atom. The van der Waals surface area contributed by atoms with Crippen LogP contribution in [0.5, 0.6) is 5.75 Å². The molecular formula is C14H21N3O4. The van der Waals surface area contributed by atoms with E-state index < -0.39 is 4.92 Å². The van der Waals surface area contributed by atoms with Gasteiger partial charge in [-0.05, 0) is 25.1 Å². The number of amides is 1. The summed E-state index contributed by atoms with van der Waals surface area (Å²) < 4.78 is 5.35. The lowest BCUT2D eigenvalue weighted by molar-refractivity contribution is -0.385. The number of hydrogen-bond donors (Lipinski definition) is 2. The predicted octanol–water partition coefficient (Wildman–Crippen LogP) is 1.61.